The van der Waals surface area contributed by atoms with E-state index < -0.39 is 0 Å². The fourth-order valence-electron chi connectivity index (χ4n) is 1.49. The molecule has 0 saturated carbocycles. The number of benzene rings is 1. The first-order valence-corrected chi connectivity index (χ1v) is 5.54. The highest BCUT2D eigenvalue weighted by atomic mass is 35.5. The van der Waals surface area contributed by atoms with Gasteiger partial charge in [-0.15, -0.1) is 11.6 Å². The Hall–Kier alpha value is -1.48. The zero-order chi connectivity index (χ0) is 11.5. The molecule has 1 aromatic carbocycles. The predicted molar refractivity (Wildman–Crippen MR) is 64.0 cm³/mol. The molecule has 0 radical (unpaired) electrons. The van der Waals surface area contributed by atoms with Crippen LogP contribution in [0, 0.1) is 6.92 Å². The molecule has 0 atom stereocenters. The van der Waals surface area contributed by atoms with Crippen molar-refractivity contribution in [1.82, 2.24) is 9.78 Å². The summed E-state index contributed by atoms with van der Waals surface area (Å²) >= 11 is 5.87. The van der Waals surface area contributed by atoms with Gasteiger partial charge in [-0.2, -0.15) is 5.10 Å². The third kappa shape index (κ3) is 2.36. The summed E-state index contributed by atoms with van der Waals surface area (Å²) < 4.78 is 7.41. The van der Waals surface area contributed by atoms with E-state index in [4.69, 9.17) is 16.3 Å². The molecule has 0 fully saturated rings. The minimum absolute atomic E-state index is 0.442. The standard InChI is InChI=1S/C12H13ClN2O/c1-9-3-4-12(10(5-9)6-13)16-11-7-14-15(2)8-11/h3-5,7-8H,6H2,1-2H3. The third-order valence-corrected chi connectivity index (χ3v) is 2.56. The minimum atomic E-state index is 0.442. The topological polar surface area (TPSA) is 27.1 Å². The van der Waals surface area contributed by atoms with Crippen molar-refractivity contribution >= 4 is 11.6 Å². The van der Waals surface area contributed by atoms with Crippen molar-refractivity contribution in [2.45, 2.75) is 12.8 Å². The van der Waals surface area contributed by atoms with E-state index in [1.54, 1.807) is 10.9 Å². The summed E-state index contributed by atoms with van der Waals surface area (Å²) in [6.07, 6.45) is 3.50. The van der Waals surface area contributed by atoms with Gasteiger partial charge in [-0.25, -0.2) is 0 Å². The average molecular weight is 237 g/mol. The number of halogens is 1. The quantitative estimate of drug-likeness (QED) is 0.765. The van der Waals surface area contributed by atoms with Crippen LogP contribution in [0.5, 0.6) is 11.5 Å². The van der Waals surface area contributed by atoms with E-state index in [1.165, 1.54) is 5.56 Å². The lowest BCUT2D eigenvalue weighted by atomic mass is 10.1. The van der Waals surface area contributed by atoms with Crippen molar-refractivity contribution < 1.29 is 4.74 Å². The molecule has 84 valence electrons. The largest absolute Gasteiger partial charge is 0.454 e. The van der Waals surface area contributed by atoms with Crippen LogP contribution in [0.4, 0.5) is 0 Å². The first-order chi connectivity index (χ1) is 7.69. The maximum absolute atomic E-state index is 5.87. The molecule has 2 rings (SSSR count). The molecule has 0 aliphatic rings. The fraction of sp³-hybridized carbons (Fsp3) is 0.250. The van der Waals surface area contributed by atoms with Crippen LogP contribution in [-0.2, 0) is 12.9 Å². The smallest absolute Gasteiger partial charge is 0.165 e. The van der Waals surface area contributed by atoms with Gasteiger partial charge >= 0.3 is 0 Å². The Bertz CT molecular complexity index is 494. The molecule has 0 spiro atoms. The molecule has 4 heteroatoms. The fourth-order valence-corrected chi connectivity index (χ4v) is 1.70. The number of aromatic nitrogens is 2. The number of alkyl halides is 1. The zero-order valence-corrected chi connectivity index (χ0v) is 10.0. The van der Waals surface area contributed by atoms with Crippen molar-refractivity contribution in [2.75, 3.05) is 0 Å². The second kappa shape index (κ2) is 4.58. The number of hydrogen-bond acceptors (Lipinski definition) is 2. The van der Waals surface area contributed by atoms with Gasteiger partial charge in [0, 0.05) is 12.6 Å². The number of ether oxygens (including phenoxy) is 1. The molecule has 0 aliphatic carbocycles. The first kappa shape index (κ1) is 11.0. The van der Waals surface area contributed by atoms with Gasteiger partial charge in [-0.05, 0) is 13.0 Å². The van der Waals surface area contributed by atoms with E-state index in [1.807, 2.05) is 38.4 Å². The minimum Gasteiger partial charge on any atom is -0.454 e. The average Bonchev–Trinajstić information content (AvgIpc) is 2.67. The third-order valence-electron chi connectivity index (χ3n) is 2.27. The summed E-state index contributed by atoms with van der Waals surface area (Å²) in [7, 11) is 1.85. The van der Waals surface area contributed by atoms with Crippen molar-refractivity contribution in [2.24, 2.45) is 7.05 Å². The molecule has 3 nitrogen and oxygen atoms in total. The van der Waals surface area contributed by atoms with E-state index in [2.05, 4.69) is 5.10 Å². The van der Waals surface area contributed by atoms with Gasteiger partial charge in [-0.3, -0.25) is 4.68 Å². The molecule has 0 saturated heterocycles. The van der Waals surface area contributed by atoms with Crippen LogP contribution in [0.15, 0.2) is 30.6 Å². The van der Waals surface area contributed by atoms with Gasteiger partial charge in [-0.1, -0.05) is 17.7 Å². The first-order valence-electron chi connectivity index (χ1n) is 5.01. The molecule has 16 heavy (non-hydrogen) atoms. The highest BCUT2D eigenvalue weighted by Crippen LogP contribution is 2.26. The maximum Gasteiger partial charge on any atom is 0.165 e. The number of nitrogens with zero attached hydrogens (tertiary/aromatic N) is 2. The highest BCUT2D eigenvalue weighted by Gasteiger charge is 2.05. The lowest BCUT2D eigenvalue weighted by molar-refractivity contribution is 0.477. The molecule has 1 heterocycles. The molecule has 2 aromatic rings. The summed E-state index contributed by atoms with van der Waals surface area (Å²) in [4.78, 5) is 0. The summed E-state index contributed by atoms with van der Waals surface area (Å²) in [6, 6.07) is 5.96. The van der Waals surface area contributed by atoms with E-state index in [-0.39, 0.29) is 0 Å². The van der Waals surface area contributed by atoms with Gasteiger partial charge in [0.2, 0.25) is 0 Å². The van der Waals surface area contributed by atoms with E-state index in [0.717, 1.165) is 17.1 Å². The molecular formula is C12H13ClN2O. The summed E-state index contributed by atoms with van der Waals surface area (Å²) in [5, 5.41) is 4.04. The van der Waals surface area contributed by atoms with Crippen LogP contribution in [0.25, 0.3) is 0 Å². The second-order valence-corrected chi connectivity index (χ2v) is 3.96. The van der Waals surface area contributed by atoms with Gasteiger partial charge in [0.25, 0.3) is 0 Å². The maximum atomic E-state index is 5.87. The lowest BCUT2D eigenvalue weighted by Crippen LogP contribution is -1.90. The normalized spacial score (nSPS) is 10.4. The summed E-state index contributed by atoms with van der Waals surface area (Å²) in [5.74, 6) is 1.95. The van der Waals surface area contributed by atoms with Crippen molar-refractivity contribution in [3.05, 3.63) is 41.7 Å². The highest BCUT2D eigenvalue weighted by molar-refractivity contribution is 6.17. The Morgan fingerprint density at radius 2 is 2.25 bits per heavy atom. The Labute approximate surface area is 99.6 Å². The molecular weight excluding hydrogens is 224 g/mol. The zero-order valence-electron chi connectivity index (χ0n) is 9.27. The van der Waals surface area contributed by atoms with Crippen LogP contribution in [0.1, 0.15) is 11.1 Å². The van der Waals surface area contributed by atoms with E-state index in [0.29, 0.717) is 5.88 Å². The van der Waals surface area contributed by atoms with Crippen LogP contribution in [0.2, 0.25) is 0 Å². The Morgan fingerprint density at radius 1 is 1.44 bits per heavy atom. The number of hydrogen-bond donors (Lipinski definition) is 0. The van der Waals surface area contributed by atoms with Crippen molar-refractivity contribution in [3.63, 3.8) is 0 Å². The van der Waals surface area contributed by atoms with Crippen LogP contribution < -0.4 is 4.74 Å². The molecule has 0 unspecified atom stereocenters. The molecule has 1 aromatic heterocycles. The Morgan fingerprint density at radius 3 is 2.88 bits per heavy atom. The van der Waals surface area contributed by atoms with Crippen molar-refractivity contribution in [1.29, 1.82) is 0 Å². The number of rotatable bonds is 3. The van der Waals surface area contributed by atoms with Crippen LogP contribution in [0.3, 0.4) is 0 Å². The summed E-state index contributed by atoms with van der Waals surface area (Å²) in [6.45, 7) is 2.03. The summed E-state index contributed by atoms with van der Waals surface area (Å²) in [5.41, 5.74) is 2.17. The SMILES string of the molecule is Cc1ccc(Oc2cnn(C)c2)c(CCl)c1. The monoisotopic (exact) mass is 236 g/mol. The molecule has 0 N–H and O–H groups in total. The van der Waals surface area contributed by atoms with Gasteiger partial charge < -0.3 is 4.74 Å². The van der Waals surface area contributed by atoms with Crippen LogP contribution >= 0.6 is 11.6 Å². The lowest BCUT2D eigenvalue weighted by Gasteiger charge is -2.08. The molecule has 0 amide bonds. The van der Waals surface area contributed by atoms with Crippen LogP contribution in [-0.4, -0.2) is 9.78 Å². The predicted octanol–water partition coefficient (Wildman–Crippen LogP) is 3.26. The van der Waals surface area contributed by atoms with E-state index >= 15 is 0 Å². The Kier molecular flexibility index (Phi) is 3.15. The van der Waals surface area contributed by atoms with Gasteiger partial charge in [0.15, 0.2) is 5.75 Å². The van der Waals surface area contributed by atoms with E-state index in [9.17, 15) is 0 Å². The van der Waals surface area contributed by atoms with Crippen molar-refractivity contribution in [3.8, 4) is 11.5 Å². The van der Waals surface area contributed by atoms with Gasteiger partial charge in [0.05, 0.1) is 18.3 Å². The second-order valence-electron chi connectivity index (χ2n) is 3.70. The Balaban J connectivity index is 2.27. The molecule has 0 aliphatic heterocycles. The number of aryl methyl sites for hydroxylation is 2. The molecule has 0 bridgehead atoms. The van der Waals surface area contributed by atoms with Gasteiger partial charge in [0.1, 0.15) is 5.75 Å².